The second-order valence-electron chi connectivity index (χ2n) is 6.10. The lowest BCUT2D eigenvalue weighted by Crippen LogP contribution is -2.72. The zero-order chi connectivity index (χ0) is 19.8. The van der Waals surface area contributed by atoms with E-state index in [1.165, 1.54) is 53.8 Å². The average molecular weight is 399 g/mol. The largest absolute Gasteiger partial charge is 0.437 e. The molecule has 0 radical (unpaired) electrons. The Balaban J connectivity index is 2.15. The number of benzene rings is 2. The molecule has 0 spiro atoms. The third kappa shape index (κ3) is 3.50. The molecule has 1 aliphatic heterocycles. The first-order chi connectivity index (χ1) is 12.6. The van der Waals surface area contributed by atoms with Gasteiger partial charge in [-0.2, -0.15) is 13.2 Å². The summed E-state index contributed by atoms with van der Waals surface area (Å²) in [5.41, 5.74) is -3.57. The van der Waals surface area contributed by atoms with Gasteiger partial charge in [0.15, 0.2) is 5.78 Å². The van der Waals surface area contributed by atoms with Gasteiger partial charge in [0.25, 0.3) is 0 Å². The molecule has 3 N–H and O–H groups in total. The first-order valence-electron chi connectivity index (χ1n) is 7.86. The van der Waals surface area contributed by atoms with Crippen LogP contribution in [0.3, 0.4) is 0 Å². The molecule has 1 fully saturated rings. The lowest BCUT2D eigenvalue weighted by molar-refractivity contribution is -0.287. The fraction of sp³-hybridized carbons (Fsp3) is 0.222. The van der Waals surface area contributed by atoms with Crippen LogP contribution >= 0.6 is 11.6 Å². The van der Waals surface area contributed by atoms with Crippen LogP contribution in [0.2, 0.25) is 5.02 Å². The highest BCUT2D eigenvalue weighted by Gasteiger charge is 2.66. The number of alkyl halides is 3. The van der Waals surface area contributed by atoms with Gasteiger partial charge in [0.2, 0.25) is 5.72 Å². The molecule has 9 heteroatoms. The number of amides is 2. The average Bonchev–Trinajstić information content (AvgIpc) is 2.61. The van der Waals surface area contributed by atoms with Gasteiger partial charge in [-0.25, -0.2) is 4.79 Å². The standard InChI is InChI=1S/C18H14ClF3N2O3/c19-12-8-6-10(7-9-12)14-13(15(25)11-4-2-1-3-5-11)17(27,18(20,21)22)24-16(26)23-14/h1-9,13-14,27H,(H2,23,24,26)/t13-,14-,17+/m0/s1. The molecule has 0 aliphatic carbocycles. The predicted octanol–water partition coefficient (Wildman–Crippen LogP) is 3.44. The first-order valence-corrected chi connectivity index (χ1v) is 8.24. The Morgan fingerprint density at radius 1 is 1.07 bits per heavy atom. The van der Waals surface area contributed by atoms with E-state index in [-0.39, 0.29) is 11.1 Å². The van der Waals surface area contributed by atoms with E-state index in [2.05, 4.69) is 5.32 Å². The number of aliphatic hydroxyl groups is 1. The van der Waals surface area contributed by atoms with E-state index in [0.29, 0.717) is 5.02 Å². The summed E-state index contributed by atoms with van der Waals surface area (Å²) in [5.74, 6) is -3.03. The molecule has 1 heterocycles. The minimum Gasteiger partial charge on any atom is -0.363 e. The lowest BCUT2D eigenvalue weighted by Gasteiger charge is -2.45. The monoisotopic (exact) mass is 398 g/mol. The van der Waals surface area contributed by atoms with Crippen molar-refractivity contribution < 1.29 is 27.9 Å². The van der Waals surface area contributed by atoms with E-state index < -0.39 is 35.7 Å². The number of nitrogens with one attached hydrogen (secondary N) is 2. The number of halogens is 4. The third-order valence-electron chi connectivity index (χ3n) is 4.38. The Bertz CT molecular complexity index is 858. The molecule has 27 heavy (non-hydrogen) atoms. The molecule has 1 aliphatic rings. The summed E-state index contributed by atoms with van der Waals surface area (Å²) in [6.07, 6.45) is -5.29. The van der Waals surface area contributed by atoms with Crippen molar-refractivity contribution in [1.82, 2.24) is 10.6 Å². The van der Waals surface area contributed by atoms with Crippen molar-refractivity contribution in [3.8, 4) is 0 Å². The van der Waals surface area contributed by atoms with Gasteiger partial charge in [0, 0.05) is 10.6 Å². The molecule has 0 aromatic heterocycles. The van der Waals surface area contributed by atoms with Crippen molar-refractivity contribution in [3.05, 3.63) is 70.7 Å². The number of hydrogen-bond donors (Lipinski definition) is 3. The summed E-state index contributed by atoms with van der Waals surface area (Å²) in [5, 5.41) is 14.5. The summed E-state index contributed by atoms with van der Waals surface area (Å²) >= 11 is 5.81. The van der Waals surface area contributed by atoms with Crippen molar-refractivity contribution in [2.75, 3.05) is 0 Å². The first kappa shape index (κ1) is 19.2. The SMILES string of the molecule is O=C1N[C@@H](c2ccc(Cl)cc2)[C@@H](C(=O)c2ccccc2)[C@@](O)(C(F)(F)F)N1. The minimum atomic E-state index is -5.29. The summed E-state index contributed by atoms with van der Waals surface area (Å²) in [7, 11) is 0. The van der Waals surface area contributed by atoms with Gasteiger partial charge in [0.05, 0.1) is 6.04 Å². The molecule has 0 saturated carbocycles. The van der Waals surface area contributed by atoms with Gasteiger partial charge in [-0.05, 0) is 17.7 Å². The summed E-state index contributed by atoms with van der Waals surface area (Å²) in [6.45, 7) is 0. The fourth-order valence-electron chi connectivity index (χ4n) is 3.07. The second kappa shape index (κ2) is 6.86. The van der Waals surface area contributed by atoms with Crippen LogP contribution in [0.1, 0.15) is 22.0 Å². The van der Waals surface area contributed by atoms with E-state index in [4.69, 9.17) is 11.6 Å². The van der Waals surface area contributed by atoms with Crippen LogP contribution in [0.4, 0.5) is 18.0 Å². The molecule has 3 atom stereocenters. The number of rotatable bonds is 3. The van der Waals surface area contributed by atoms with Gasteiger partial charge in [-0.15, -0.1) is 0 Å². The zero-order valence-corrected chi connectivity index (χ0v) is 14.4. The molecular formula is C18H14ClF3N2O3. The van der Waals surface area contributed by atoms with E-state index >= 15 is 0 Å². The van der Waals surface area contributed by atoms with Crippen LogP contribution in [0.5, 0.6) is 0 Å². The fourth-order valence-corrected chi connectivity index (χ4v) is 3.19. The van der Waals surface area contributed by atoms with Gasteiger partial charge in [-0.3, -0.25) is 4.79 Å². The number of carbonyl (C=O) groups excluding carboxylic acids is 2. The maximum absolute atomic E-state index is 13.7. The van der Waals surface area contributed by atoms with Crippen LogP contribution in [0.15, 0.2) is 54.6 Å². The third-order valence-corrected chi connectivity index (χ3v) is 4.63. The Hall–Kier alpha value is -2.58. The lowest BCUT2D eigenvalue weighted by atomic mass is 9.77. The Labute approximate surface area is 157 Å². The quantitative estimate of drug-likeness (QED) is 0.693. The van der Waals surface area contributed by atoms with Crippen LogP contribution in [-0.2, 0) is 0 Å². The number of carbonyl (C=O) groups is 2. The summed E-state index contributed by atoms with van der Waals surface area (Å²) in [4.78, 5) is 24.8. The van der Waals surface area contributed by atoms with Gasteiger partial charge < -0.3 is 15.7 Å². The molecule has 0 bridgehead atoms. The van der Waals surface area contributed by atoms with Crippen LogP contribution in [0.25, 0.3) is 0 Å². The number of Topliss-reactive ketones (excluding diaryl/α,β-unsaturated/α-hetero) is 1. The van der Waals surface area contributed by atoms with E-state index in [9.17, 15) is 27.9 Å². The molecule has 5 nitrogen and oxygen atoms in total. The minimum absolute atomic E-state index is 0.0258. The van der Waals surface area contributed by atoms with Crippen molar-refractivity contribution in [2.45, 2.75) is 17.9 Å². The second-order valence-corrected chi connectivity index (χ2v) is 6.54. The van der Waals surface area contributed by atoms with E-state index in [1.54, 1.807) is 6.07 Å². The summed E-state index contributed by atoms with van der Waals surface area (Å²) in [6, 6.07) is 10.2. The Morgan fingerprint density at radius 3 is 2.22 bits per heavy atom. The predicted molar refractivity (Wildman–Crippen MR) is 91.1 cm³/mol. The summed E-state index contributed by atoms with van der Waals surface area (Å²) < 4.78 is 41.1. The van der Waals surface area contributed by atoms with Crippen molar-refractivity contribution in [2.24, 2.45) is 5.92 Å². The van der Waals surface area contributed by atoms with E-state index in [1.807, 2.05) is 0 Å². The number of ketones is 1. The molecule has 0 unspecified atom stereocenters. The van der Waals surface area contributed by atoms with Crippen molar-refractivity contribution >= 4 is 23.4 Å². The maximum atomic E-state index is 13.7. The normalized spacial score (nSPS) is 25.4. The van der Waals surface area contributed by atoms with Crippen LogP contribution in [0, 0.1) is 5.92 Å². The molecule has 3 rings (SSSR count). The van der Waals surface area contributed by atoms with Gasteiger partial charge in [0.1, 0.15) is 5.92 Å². The Kier molecular flexibility index (Phi) is 4.88. The molecule has 2 aromatic rings. The van der Waals surface area contributed by atoms with Gasteiger partial charge in [-0.1, -0.05) is 54.1 Å². The number of urea groups is 1. The molecule has 142 valence electrons. The molecule has 1 saturated heterocycles. The Morgan fingerprint density at radius 2 is 1.67 bits per heavy atom. The highest BCUT2D eigenvalue weighted by molar-refractivity contribution is 6.30. The van der Waals surface area contributed by atoms with Crippen molar-refractivity contribution in [1.29, 1.82) is 0 Å². The smallest absolute Gasteiger partial charge is 0.363 e. The highest BCUT2D eigenvalue weighted by Crippen LogP contribution is 2.44. The molecule has 2 aromatic carbocycles. The molecule has 2 amide bonds. The van der Waals surface area contributed by atoms with Crippen LogP contribution < -0.4 is 10.6 Å². The molecular weight excluding hydrogens is 385 g/mol. The zero-order valence-electron chi connectivity index (χ0n) is 13.6. The maximum Gasteiger partial charge on any atom is 0.437 e. The highest BCUT2D eigenvalue weighted by atomic mass is 35.5. The topological polar surface area (TPSA) is 78.4 Å². The van der Waals surface area contributed by atoms with Crippen molar-refractivity contribution in [3.63, 3.8) is 0 Å². The van der Waals surface area contributed by atoms with E-state index in [0.717, 1.165) is 0 Å². The van der Waals surface area contributed by atoms with Gasteiger partial charge >= 0.3 is 12.2 Å². The van der Waals surface area contributed by atoms with Crippen LogP contribution in [-0.4, -0.2) is 28.8 Å². The number of hydrogen-bond acceptors (Lipinski definition) is 3.